The number of anilines is 1. The van der Waals surface area contributed by atoms with Crippen LogP contribution in [0.1, 0.15) is 36.0 Å². The van der Waals surface area contributed by atoms with E-state index in [1.165, 1.54) is 11.8 Å². The average molecular weight is 342 g/mol. The second-order valence-corrected chi connectivity index (χ2v) is 6.65. The lowest BCUT2D eigenvalue weighted by Crippen LogP contribution is -2.40. The molecule has 120 valence electrons. The predicted molar refractivity (Wildman–Crippen MR) is 90.7 cm³/mol. The van der Waals surface area contributed by atoms with Crippen molar-refractivity contribution in [2.24, 2.45) is 5.73 Å². The first kappa shape index (κ1) is 17.1. The topological polar surface area (TPSA) is 84.2 Å². The van der Waals surface area contributed by atoms with E-state index in [-0.39, 0.29) is 36.3 Å². The van der Waals surface area contributed by atoms with Gasteiger partial charge in [-0.3, -0.25) is 9.59 Å². The molecule has 0 unspecified atom stereocenters. The minimum absolute atomic E-state index is 0. The fraction of sp³-hybridized carbons (Fsp3) is 0.467. The molecule has 1 aliphatic carbocycles. The van der Waals surface area contributed by atoms with Gasteiger partial charge < -0.3 is 16.4 Å². The van der Waals surface area contributed by atoms with Gasteiger partial charge in [-0.1, -0.05) is 0 Å². The van der Waals surface area contributed by atoms with Gasteiger partial charge in [0.15, 0.2) is 0 Å². The highest BCUT2D eigenvalue weighted by Crippen LogP contribution is 2.32. The Morgan fingerprint density at radius 3 is 2.73 bits per heavy atom. The highest BCUT2D eigenvalue weighted by Gasteiger charge is 2.22. The summed E-state index contributed by atoms with van der Waals surface area (Å²) in [5.41, 5.74) is 7.19. The molecule has 7 heteroatoms. The van der Waals surface area contributed by atoms with Crippen LogP contribution < -0.4 is 16.4 Å². The van der Waals surface area contributed by atoms with Crippen molar-refractivity contribution in [3.63, 3.8) is 0 Å². The van der Waals surface area contributed by atoms with Gasteiger partial charge in [-0.2, -0.15) is 0 Å². The molecular formula is C15H20ClN3O2S. The van der Waals surface area contributed by atoms with Gasteiger partial charge in [0.05, 0.1) is 11.4 Å². The van der Waals surface area contributed by atoms with Gasteiger partial charge in [-0.15, -0.1) is 24.2 Å². The van der Waals surface area contributed by atoms with Crippen molar-refractivity contribution in [2.75, 3.05) is 11.1 Å². The van der Waals surface area contributed by atoms with Crippen LogP contribution in [-0.2, 0) is 4.79 Å². The van der Waals surface area contributed by atoms with Crippen LogP contribution in [0.2, 0.25) is 0 Å². The summed E-state index contributed by atoms with van der Waals surface area (Å²) in [6.07, 6.45) is 3.79. The number of benzene rings is 1. The molecule has 1 aromatic carbocycles. The normalized spacial score (nSPS) is 23.8. The maximum absolute atomic E-state index is 12.3. The zero-order valence-corrected chi connectivity index (χ0v) is 13.8. The first-order valence-corrected chi connectivity index (χ1v) is 8.23. The van der Waals surface area contributed by atoms with Crippen LogP contribution in [0.25, 0.3) is 0 Å². The molecule has 3 rings (SSSR count). The number of halogens is 1. The van der Waals surface area contributed by atoms with Crippen LogP contribution in [0.4, 0.5) is 5.69 Å². The molecule has 2 amide bonds. The van der Waals surface area contributed by atoms with E-state index in [2.05, 4.69) is 10.6 Å². The van der Waals surface area contributed by atoms with Crippen LogP contribution >= 0.6 is 24.2 Å². The predicted octanol–water partition coefficient (Wildman–Crippen LogP) is 2.15. The lowest BCUT2D eigenvalue weighted by molar-refractivity contribution is -0.113. The number of nitrogens with one attached hydrogen (secondary N) is 2. The van der Waals surface area contributed by atoms with Crippen molar-refractivity contribution in [1.82, 2.24) is 5.32 Å². The molecule has 2 aliphatic rings. The Kier molecular flexibility index (Phi) is 5.72. The fourth-order valence-corrected chi connectivity index (χ4v) is 3.55. The van der Waals surface area contributed by atoms with Crippen LogP contribution in [0.5, 0.6) is 0 Å². The summed E-state index contributed by atoms with van der Waals surface area (Å²) in [5.74, 6) is 0.329. The number of thioether (sulfide) groups is 1. The first-order valence-electron chi connectivity index (χ1n) is 7.25. The number of rotatable bonds is 2. The summed E-state index contributed by atoms with van der Waals surface area (Å²) < 4.78 is 0. The van der Waals surface area contributed by atoms with Gasteiger partial charge in [-0.25, -0.2) is 0 Å². The van der Waals surface area contributed by atoms with Crippen LogP contribution in [0.15, 0.2) is 23.1 Å². The average Bonchev–Trinajstić information content (AvgIpc) is 2.48. The number of nitrogens with two attached hydrogens (primary N) is 1. The molecule has 22 heavy (non-hydrogen) atoms. The Morgan fingerprint density at radius 1 is 1.27 bits per heavy atom. The Bertz CT molecular complexity index is 574. The number of hydrogen-bond acceptors (Lipinski definition) is 4. The van der Waals surface area contributed by atoms with E-state index < -0.39 is 0 Å². The molecule has 0 atom stereocenters. The zero-order chi connectivity index (χ0) is 14.8. The highest BCUT2D eigenvalue weighted by atomic mass is 35.5. The quantitative estimate of drug-likeness (QED) is 0.769. The SMILES string of the molecule is Cl.NC1CCC(NC(=O)c2ccc3c(c2)NC(=O)CS3)CC1. The standard InChI is InChI=1S/C15H19N3O2S.ClH/c16-10-2-4-11(5-3-10)17-15(20)9-1-6-13-12(7-9)18-14(19)8-21-13;/h1,6-7,10-11H,2-5,8,16H2,(H,17,20)(H,18,19);1H. The third-order valence-electron chi connectivity index (χ3n) is 3.98. The van der Waals surface area contributed by atoms with Gasteiger partial charge >= 0.3 is 0 Å². The third-order valence-corrected chi connectivity index (χ3v) is 5.06. The van der Waals surface area contributed by atoms with E-state index in [0.29, 0.717) is 11.3 Å². The molecular weight excluding hydrogens is 322 g/mol. The second kappa shape index (κ2) is 7.35. The van der Waals surface area contributed by atoms with E-state index in [1.54, 1.807) is 6.07 Å². The van der Waals surface area contributed by atoms with Crippen LogP contribution in [0, 0.1) is 0 Å². The summed E-state index contributed by atoms with van der Waals surface area (Å²) in [4.78, 5) is 24.7. The van der Waals surface area contributed by atoms with Gasteiger partial charge in [0.2, 0.25) is 5.91 Å². The van der Waals surface area contributed by atoms with Crippen molar-refractivity contribution in [2.45, 2.75) is 42.7 Å². The molecule has 1 fully saturated rings. The summed E-state index contributed by atoms with van der Waals surface area (Å²) >= 11 is 1.50. The summed E-state index contributed by atoms with van der Waals surface area (Å²) in [6, 6.07) is 5.94. The zero-order valence-electron chi connectivity index (χ0n) is 12.1. The molecule has 1 aromatic rings. The van der Waals surface area contributed by atoms with E-state index in [1.807, 2.05) is 12.1 Å². The molecule has 1 heterocycles. The van der Waals surface area contributed by atoms with E-state index in [9.17, 15) is 9.59 Å². The first-order chi connectivity index (χ1) is 10.1. The van der Waals surface area contributed by atoms with Crippen molar-refractivity contribution in [3.8, 4) is 0 Å². The smallest absolute Gasteiger partial charge is 0.251 e. The summed E-state index contributed by atoms with van der Waals surface area (Å²) in [6.45, 7) is 0. The lowest BCUT2D eigenvalue weighted by atomic mass is 9.91. The van der Waals surface area contributed by atoms with Gasteiger partial charge in [-0.05, 0) is 43.9 Å². The molecule has 0 spiro atoms. The van der Waals surface area contributed by atoms with Crippen molar-refractivity contribution in [3.05, 3.63) is 23.8 Å². The van der Waals surface area contributed by atoms with E-state index in [4.69, 9.17) is 5.73 Å². The monoisotopic (exact) mass is 341 g/mol. The number of hydrogen-bond donors (Lipinski definition) is 3. The number of fused-ring (bicyclic) bond motifs is 1. The Labute approximate surface area is 140 Å². The minimum Gasteiger partial charge on any atom is -0.349 e. The summed E-state index contributed by atoms with van der Waals surface area (Å²) in [7, 11) is 0. The molecule has 5 nitrogen and oxygen atoms in total. The van der Waals surface area contributed by atoms with Gasteiger partial charge in [0.1, 0.15) is 0 Å². The molecule has 1 saturated carbocycles. The fourth-order valence-electron chi connectivity index (χ4n) is 2.76. The minimum atomic E-state index is -0.0805. The highest BCUT2D eigenvalue weighted by molar-refractivity contribution is 8.00. The van der Waals surface area contributed by atoms with Crippen molar-refractivity contribution in [1.29, 1.82) is 0 Å². The molecule has 0 aromatic heterocycles. The molecule has 1 aliphatic heterocycles. The van der Waals surface area contributed by atoms with E-state index in [0.717, 1.165) is 36.3 Å². The molecule has 0 radical (unpaired) electrons. The Hall–Kier alpha value is -1.24. The van der Waals surface area contributed by atoms with Crippen LogP contribution in [0.3, 0.4) is 0 Å². The third kappa shape index (κ3) is 3.94. The number of carbonyl (C=O) groups is 2. The molecule has 4 N–H and O–H groups in total. The van der Waals surface area contributed by atoms with Crippen molar-refractivity contribution >= 4 is 41.7 Å². The molecule has 0 bridgehead atoms. The van der Waals surface area contributed by atoms with Crippen molar-refractivity contribution < 1.29 is 9.59 Å². The second-order valence-electron chi connectivity index (χ2n) is 5.63. The lowest BCUT2D eigenvalue weighted by Gasteiger charge is -2.27. The summed E-state index contributed by atoms with van der Waals surface area (Å²) in [5, 5.41) is 5.87. The maximum Gasteiger partial charge on any atom is 0.251 e. The van der Waals surface area contributed by atoms with Gasteiger partial charge in [0, 0.05) is 22.5 Å². The maximum atomic E-state index is 12.3. The van der Waals surface area contributed by atoms with E-state index >= 15 is 0 Å². The Balaban J connectivity index is 0.00000176. The van der Waals surface area contributed by atoms with Gasteiger partial charge in [0.25, 0.3) is 5.91 Å². The largest absolute Gasteiger partial charge is 0.349 e. The Morgan fingerprint density at radius 2 is 2.00 bits per heavy atom. The number of amides is 2. The number of carbonyl (C=O) groups excluding carboxylic acids is 2. The molecule has 0 saturated heterocycles. The van der Waals surface area contributed by atoms with Crippen LogP contribution in [-0.4, -0.2) is 29.7 Å².